The number of nitrogens with one attached hydrogen (secondary N) is 2. The predicted molar refractivity (Wildman–Crippen MR) is 116 cm³/mol. The summed E-state index contributed by atoms with van der Waals surface area (Å²) in [6, 6.07) is 5.08. The van der Waals surface area contributed by atoms with Crippen molar-refractivity contribution in [1.82, 2.24) is 10.6 Å². The largest absolute Gasteiger partial charge is 0.456 e. The zero-order valence-corrected chi connectivity index (χ0v) is 17.8. The Morgan fingerprint density at radius 2 is 1.77 bits per heavy atom. The molecule has 0 atom stereocenters. The van der Waals surface area contributed by atoms with Gasteiger partial charge >= 0.3 is 12.0 Å². The Labute approximate surface area is 182 Å². The van der Waals surface area contributed by atoms with E-state index < -0.39 is 24.5 Å². The highest BCUT2D eigenvalue weighted by atomic mass is 16.5. The number of ether oxygens (including phenoxy) is 1. The molecular weight excluding hydrogens is 396 g/mol. The maximum atomic E-state index is 12.3. The van der Waals surface area contributed by atoms with Gasteiger partial charge in [-0.05, 0) is 68.6 Å². The Balaban J connectivity index is 1.29. The van der Waals surface area contributed by atoms with Gasteiger partial charge in [0.15, 0.2) is 12.4 Å². The molecule has 0 spiro atoms. The number of esters is 1. The standard InChI is InChI=1S/C24H30N2O5/c27-21(20-10-9-18-7-4-8-19(18)15-20)11-12-23(29)31-16-22(28)26-24(30)25-14-13-17-5-2-1-3-6-17/h5,9-10,15H,1-4,6-8,11-14,16H2,(H2,25,26,28,30). The first-order valence-corrected chi connectivity index (χ1v) is 11.1. The maximum Gasteiger partial charge on any atom is 0.321 e. The van der Waals surface area contributed by atoms with Gasteiger partial charge in [0.1, 0.15) is 0 Å². The first kappa shape index (κ1) is 22.7. The van der Waals surface area contributed by atoms with Crippen LogP contribution < -0.4 is 10.6 Å². The van der Waals surface area contributed by atoms with E-state index in [0.717, 1.165) is 38.5 Å². The van der Waals surface area contributed by atoms with E-state index in [1.165, 1.54) is 29.5 Å². The van der Waals surface area contributed by atoms with E-state index in [4.69, 9.17) is 4.74 Å². The lowest BCUT2D eigenvalue weighted by Gasteiger charge is -2.13. The van der Waals surface area contributed by atoms with Crippen molar-refractivity contribution < 1.29 is 23.9 Å². The summed E-state index contributed by atoms with van der Waals surface area (Å²) >= 11 is 0. The van der Waals surface area contributed by atoms with Gasteiger partial charge in [-0.3, -0.25) is 19.7 Å². The molecule has 0 saturated heterocycles. The number of carbonyl (C=O) groups is 4. The molecule has 0 saturated carbocycles. The van der Waals surface area contributed by atoms with Gasteiger partial charge in [0.2, 0.25) is 0 Å². The molecule has 31 heavy (non-hydrogen) atoms. The summed E-state index contributed by atoms with van der Waals surface area (Å²) in [5.74, 6) is -1.47. The third kappa shape index (κ3) is 7.35. The Bertz CT molecular complexity index is 875. The number of hydrogen-bond donors (Lipinski definition) is 2. The molecule has 0 unspecified atom stereocenters. The molecule has 2 aliphatic carbocycles. The zero-order valence-electron chi connectivity index (χ0n) is 17.8. The van der Waals surface area contributed by atoms with Crippen LogP contribution in [0.1, 0.15) is 72.9 Å². The Hall–Kier alpha value is -2.96. The number of ketones is 1. The SMILES string of the molecule is O=C(COC(=O)CCC(=O)c1ccc2c(c1)CCC2)NC(=O)NCCC1=CCCCC1. The first-order valence-electron chi connectivity index (χ1n) is 11.1. The minimum Gasteiger partial charge on any atom is -0.456 e. The van der Waals surface area contributed by atoms with Gasteiger partial charge < -0.3 is 10.1 Å². The zero-order chi connectivity index (χ0) is 22.1. The second-order valence-electron chi connectivity index (χ2n) is 8.08. The highest BCUT2D eigenvalue weighted by Crippen LogP contribution is 2.23. The van der Waals surface area contributed by atoms with Gasteiger partial charge in [-0.15, -0.1) is 0 Å². The summed E-state index contributed by atoms with van der Waals surface area (Å²) in [5, 5.41) is 4.76. The second kappa shape index (κ2) is 11.4. The van der Waals surface area contributed by atoms with E-state index in [0.29, 0.717) is 12.1 Å². The number of Topliss-reactive ketones (excluding diaryl/α,β-unsaturated/α-hetero) is 1. The van der Waals surface area contributed by atoms with Crippen LogP contribution in [-0.2, 0) is 27.2 Å². The average Bonchev–Trinajstić information content (AvgIpc) is 3.24. The second-order valence-corrected chi connectivity index (χ2v) is 8.08. The molecule has 1 aromatic carbocycles. The minimum absolute atomic E-state index is 0.0234. The molecule has 3 amide bonds. The number of aryl methyl sites for hydroxylation is 2. The molecule has 1 aromatic rings. The topological polar surface area (TPSA) is 102 Å². The molecule has 0 fully saturated rings. The smallest absolute Gasteiger partial charge is 0.321 e. The fourth-order valence-electron chi connectivity index (χ4n) is 4.00. The van der Waals surface area contributed by atoms with Crippen LogP contribution in [0.15, 0.2) is 29.8 Å². The predicted octanol–water partition coefficient (Wildman–Crippen LogP) is 3.40. The first-order chi connectivity index (χ1) is 15.0. The Kier molecular flexibility index (Phi) is 8.38. The summed E-state index contributed by atoms with van der Waals surface area (Å²) < 4.78 is 4.87. The summed E-state index contributed by atoms with van der Waals surface area (Å²) in [5.41, 5.74) is 4.43. The Morgan fingerprint density at radius 1 is 0.935 bits per heavy atom. The van der Waals surface area contributed by atoms with Crippen LogP contribution in [0.3, 0.4) is 0 Å². The van der Waals surface area contributed by atoms with Gasteiger partial charge in [0.05, 0.1) is 6.42 Å². The van der Waals surface area contributed by atoms with Crippen molar-refractivity contribution in [3.05, 3.63) is 46.5 Å². The summed E-state index contributed by atoms with van der Waals surface area (Å²) in [6.07, 6.45) is 10.6. The van der Waals surface area contributed by atoms with Crippen LogP contribution in [0.25, 0.3) is 0 Å². The van der Waals surface area contributed by atoms with Crippen molar-refractivity contribution in [3.8, 4) is 0 Å². The van der Waals surface area contributed by atoms with Gasteiger partial charge in [-0.25, -0.2) is 4.79 Å². The van der Waals surface area contributed by atoms with Gasteiger partial charge in [0.25, 0.3) is 5.91 Å². The van der Waals surface area contributed by atoms with E-state index in [2.05, 4.69) is 16.7 Å². The van der Waals surface area contributed by atoms with Crippen molar-refractivity contribution >= 4 is 23.7 Å². The molecule has 166 valence electrons. The number of hydrogen-bond acceptors (Lipinski definition) is 5. The van der Waals surface area contributed by atoms with Crippen LogP contribution in [0.5, 0.6) is 0 Å². The van der Waals surface area contributed by atoms with Crippen LogP contribution in [0.4, 0.5) is 4.79 Å². The molecule has 2 N–H and O–H groups in total. The molecule has 2 aliphatic rings. The Morgan fingerprint density at radius 3 is 2.58 bits per heavy atom. The number of fused-ring (bicyclic) bond motifs is 1. The fourth-order valence-corrected chi connectivity index (χ4v) is 4.00. The van der Waals surface area contributed by atoms with Gasteiger partial charge in [-0.2, -0.15) is 0 Å². The lowest BCUT2D eigenvalue weighted by molar-refractivity contribution is -0.148. The van der Waals surface area contributed by atoms with Gasteiger partial charge in [0, 0.05) is 18.5 Å². The van der Waals surface area contributed by atoms with Crippen molar-refractivity contribution in [1.29, 1.82) is 0 Å². The third-order valence-electron chi connectivity index (χ3n) is 5.71. The maximum absolute atomic E-state index is 12.3. The van der Waals surface area contributed by atoms with E-state index in [1.807, 2.05) is 12.1 Å². The van der Waals surface area contributed by atoms with Crippen molar-refractivity contribution in [2.75, 3.05) is 13.2 Å². The van der Waals surface area contributed by atoms with E-state index in [-0.39, 0.29) is 18.6 Å². The van der Waals surface area contributed by atoms with Crippen molar-refractivity contribution in [2.45, 2.75) is 64.2 Å². The summed E-state index contributed by atoms with van der Waals surface area (Å²) in [6.45, 7) is -0.0972. The van der Waals surface area contributed by atoms with E-state index in [1.54, 1.807) is 6.07 Å². The average molecular weight is 427 g/mol. The number of imide groups is 1. The van der Waals surface area contributed by atoms with E-state index in [9.17, 15) is 19.2 Å². The van der Waals surface area contributed by atoms with Crippen LogP contribution >= 0.6 is 0 Å². The highest BCUT2D eigenvalue weighted by molar-refractivity contribution is 5.98. The van der Waals surface area contributed by atoms with E-state index >= 15 is 0 Å². The fraction of sp³-hybridized carbons (Fsp3) is 0.500. The van der Waals surface area contributed by atoms with Crippen LogP contribution in [-0.4, -0.2) is 36.8 Å². The molecule has 7 nitrogen and oxygen atoms in total. The number of benzene rings is 1. The lowest BCUT2D eigenvalue weighted by atomic mass is 9.97. The normalized spacial score (nSPS) is 14.9. The third-order valence-corrected chi connectivity index (χ3v) is 5.71. The number of rotatable bonds is 9. The molecule has 3 rings (SSSR count). The number of amides is 3. The molecule has 0 aromatic heterocycles. The number of urea groups is 1. The van der Waals surface area contributed by atoms with Crippen LogP contribution in [0, 0.1) is 0 Å². The summed E-state index contributed by atoms with van der Waals surface area (Å²) in [7, 11) is 0. The molecule has 0 bridgehead atoms. The quantitative estimate of drug-likeness (QED) is 0.358. The van der Waals surface area contributed by atoms with Gasteiger partial charge in [-0.1, -0.05) is 23.8 Å². The minimum atomic E-state index is -0.701. The number of carbonyl (C=O) groups excluding carboxylic acids is 4. The molecule has 0 radical (unpaired) electrons. The molecular formula is C24H30N2O5. The highest BCUT2D eigenvalue weighted by Gasteiger charge is 2.16. The lowest BCUT2D eigenvalue weighted by Crippen LogP contribution is -2.41. The molecule has 0 heterocycles. The molecule has 7 heteroatoms. The number of allylic oxidation sites excluding steroid dienone is 1. The van der Waals surface area contributed by atoms with Crippen LogP contribution in [0.2, 0.25) is 0 Å². The summed E-state index contributed by atoms with van der Waals surface area (Å²) in [4.78, 5) is 47.7. The van der Waals surface area contributed by atoms with Crippen molar-refractivity contribution in [3.63, 3.8) is 0 Å². The monoisotopic (exact) mass is 426 g/mol. The van der Waals surface area contributed by atoms with Crippen molar-refractivity contribution in [2.24, 2.45) is 0 Å². The molecule has 0 aliphatic heterocycles.